The molecule has 3 fully saturated rings. The third-order valence-corrected chi connectivity index (χ3v) is 7.05. The Labute approximate surface area is 205 Å². The van der Waals surface area contributed by atoms with Crippen molar-refractivity contribution in [3.05, 3.63) is 65.7 Å². The summed E-state index contributed by atoms with van der Waals surface area (Å²) in [4.78, 5) is 46.1. The van der Waals surface area contributed by atoms with E-state index in [1.54, 1.807) is 31.0 Å². The van der Waals surface area contributed by atoms with Crippen molar-refractivity contribution in [2.45, 2.75) is 38.3 Å². The van der Waals surface area contributed by atoms with Gasteiger partial charge in [0, 0.05) is 32.4 Å². The molecule has 0 saturated carbocycles. The minimum absolute atomic E-state index is 0.149. The van der Waals surface area contributed by atoms with Crippen molar-refractivity contribution in [1.29, 1.82) is 0 Å². The Morgan fingerprint density at radius 3 is 2.51 bits per heavy atom. The normalized spacial score (nSPS) is 24.4. The van der Waals surface area contributed by atoms with Gasteiger partial charge in [-0.15, -0.1) is 0 Å². The van der Waals surface area contributed by atoms with Crippen LogP contribution in [0.5, 0.6) is 0 Å². The van der Waals surface area contributed by atoms with Crippen molar-refractivity contribution in [2.75, 3.05) is 38.2 Å². The van der Waals surface area contributed by atoms with Crippen LogP contribution in [0.4, 0.5) is 10.5 Å². The van der Waals surface area contributed by atoms with Gasteiger partial charge in [-0.05, 0) is 49.6 Å². The second-order valence-corrected chi connectivity index (χ2v) is 9.10. The fourth-order valence-electron chi connectivity index (χ4n) is 5.28. The number of nitrogens with zero attached hydrogens (tertiary/aromatic N) is 4. The van der Waals surface area contributed by atoms with E-state index in [-0.39, 0.29) is 24.2 Å². The number of imide groups is 1. The van der Waals surface area contributed by atoms with E-state index >= 15 is 0 Å². The molecule has 0 aliphatic carbocycles. The highest BCUT2D eigenvalue weighted by molar-refractivity contribution is 6.00. The van der Waals surface area contributed by atoms with Crippen LogP contribution in [0.3, 0.4) is 0 Å². The molecule has 3 unspecified atom stereocenters. The van der Waals surface area contributed by atoms with Gasteiger partial charge >= 0.3 is 12.0 Å². The quantitative estimate of drug-likeness (QED) is 0.638. The molecule has 9 nitrogen and oxygen atoms in total. The molecule has 35 heavy (non-hydrogen) atoms. The molecule has 9 heteroatoms. The van der Waals surface area contributed by atoms with Crippen LogP contribution in [0, 0.1) is 0 Å². The number of ether oxygens (including phenoxy) is 1. The highest BCUT2D eigenvalue weighted by Gasteiger charge is 2.55. The second-order valence-electron chi connectivity index (χ2n) is 9.10. The molecule has 3 heterocycles. The van der Waals surface area contributed by atoms with Gasteiger partial charge in [-0.25, -0.2) is 9.59 Å². The molecule has 1 N–H and O–H groups in total. The van der Waals surface area contributed by atoms with Crippen LogP contribution in [0.2, 0.25) is 0 Å². The minimum Gasteiger partial charge on any atom is -0.462 e. The number of likely N-dealkylation sites (N-methyl/N-ethyl adjacent to an activating group) is 1. The first-order chi connectivity index (χ1) is 17.0. The number of hydrogen-bond donors (Lipinski definition) is 1. The number of rotatable bonds is 6. The number of urea groups is 1. The summed E-state index contributed by atoms with van der Waals surface area (Å²) in [5, 5.41) is 3.52. The van der Waals surface area contributed by atoms with Crippen molar-refractivity contribution in [2.24, 2.45) is 0 Å². The van der Waals surface area contributed by atoms with E-state index in [9.17, 15) is 14.4 Å². The Balaban J connectivity index is 1.34. The van der Waals surface area contributed by atoms with Gasteiger partial charge < -0.3 is 14.5 Å². The number of carbonyl (C=O) groups excluding carboxylic acids is 3. The van der Waals surface area contributed by atoms with Crippen LogP contribution >= 0.6 is 0 Å². The van der Waals surface area contributed by atoms with Gasteiger partial charge in [0.2, 0.25) is 0 Å². The number of nitrogens with one attached hydrogen (secondary N) is 1. The van der Waals surface area contributed by atoms with Gasteiger partial charge in [0.25, 0.3) is 5.91 Å². The van der Waals surface area contributed by atoms with E-state index in [1.807, 2.05) is 42.5 Å². The number of benzene rings is 2. The number of fused-ring (bicyclic) bond motifs is 3. The molecule has 5 rings (SSSR count). The Morgan fingerprint density at radius 2 is 1.80 bits per heavy atom. The lowest BCUT2D eigenvalue weighted by Crippen LogP contribution is -2.66. The van der Waals surface area contributed by atoms with Gasteiger partial charge in [0.1, 0.15) is 18.5 Å². The molecule has 2 aromatic carbocycles. The van der Waals surface area contributed by atoms with E-state index in [1.165, 1.54) is 4.90 Å². The fourth-order valence-corrected chi connectivity index (χ4v) is 5.28. The van der Waals surface area contributed by atoms with Crippen molar-refractivity contribution in [1.82, 2.24) is 20.0 Å². The topological polar surface area (TPSA) is 85.4 Å². The van der Waals surface area contributed by atoms with Crippen LogP contribution < -0.4 is 10.2 Å². The van der Waals surface area contributed by atoms with Crippen LogP contribution in [-0.2, 0) is 16.0 Å². The molecule has 3 saturated heterocycles. The van der Waals surface area contributed by atoms with Crippen molar-refractivity contribution in [3.8, 4) is 0 Å². The summed E-state index contributed by atoms with van der Waals surface area (Å²) in [7, 11) is 1.76. The Morgan fingerprint density at radius 1 is 1.06 bits per heavy atom. The average Bonchev–Trinajstić information content (AvgIpc) is 3.28. The van der Waals surface area contributed by atoms with Crippen molar-refractivity contribution in [3.63, 3.8) is 0 Å². The summed E-state index contributed by atoms with van der Waals surface area (Å²) >= 11 is 0. The number of amides is 3. The second kappa shape index (κ2) is 9.67. The zero-order valence-electron chi connectivity index (χ0n) is 20.1. The smallest absolute Gasteiger partial charge is 0.338 e. The van der Waals surface area contributed by atoms with E-state index in [0.717, 1.165) is 30.8 Å². The van der Waals surface area contributed by atoms with Crippen LogP contribution in [0.1, 0.15) is 29.3 Å². The monoisotopic (exact) mass is 477 g/mol. The number of hydrogen-bond acceptors (Lipinski definition) is 7. The molecule has 184 valence electrons. The predicted molar refractivity (Wildman–Crippen MR) is 131 cm³/mol. The number of carbonyl (C=O) groups is 3. The zero-order chi connectivity index (χ0) is 24.5. The molecule has 3 amide bonds. The fraction of sp³-hybridized carbons (Fsp3) is 0.423. The van der Waals surface area contributed by atoms with E-state index in [4.69, 9.17) is 4.74 Å². The lowest BCUT2D eigenvalue weighted by Gasteiger charge is -2.44. The number of anilines is 1. The molecular weight excluding hydrogens is 446 g/mol. The highest BCUT2D eigenvalue weighted by Crippen LogP contribution is 2.33. The third kappa shape index (κ3) is 4.26. The molecule has 0 aromatic heterocycles. The standard InChI is InChI=1S/C26H31N5O4/c1-3-35-24(33)19-10-12-20(13-11-19)29-15-7-16-30-21-22(27-25(29)30)28(2)26(34)31(23(21)32)17-14-18-8-5-4-6-9-18/h4-6,8-13,21-22,25,27H,3,7,14-17H2,1-2H3. The number of esters is 1. The first-order valence-corrected chi connectivity index (χ1v) is 12.2. The molecule has 3 aliphatic rings. The zero-order valence-corrected chi connectivity index (χ0v) is 20.1. The van der Waals surface area contributed by atoms with E-state index in [0.29, 0.717) is 25.1 Å². The predicted octanol–water partition coefficient (Wildman–Crippen LogP) is 2.09. The van der Waals surface area contributed by atoms with Gasteiger partial charge in [0.05, 0.1) is 12.2 Å². The summed E-state index contributed by atoms with van der Waals surface area (Å²) in [6.07, 6.45) is 0.892. The lowest BCUT2D eigenvalue weighted by molar-refractivity contribution is -0.138. The summed E-state index contributed by atoms with van der Waals surface area (Å²) in [6, 6.07) is 16.5. The molecule has 0 bridgehead atoms. The Bertz CT molecular complexity index is 1090. The van der Waals surface area contributed by atoms with Crippen LogP contribution in [0.25, 0.3) is 0 Å². The van der Waals surface area contributed by atoms with Gasteiger partial charge in [-0.3, -0.25) is 19.9 Å². The van der Waals surface area contributed by atoms with E-state index < -0.39 is 12.2 Å². The SMILES string of the molecule is CCOC(=O)c1ccc(N2CCCN3C4C(=O)N(CCc5ccccc5)C(=O)N(C)C4NC23)cc1. The maximum Gasteiger partial charge on any atom is 0.338 e. The van der Waals surface area contributed by atoms with Gasteiger partial charge in [-0.1, -0.05) is 30.3 Å². The molecule has 3 aliphatic heterocycles. The van der Waals surface area contributed by atoms with Gasteiger partial charge in [0.15, 0.2) is 0 Å². The average molecular weight is 478 g/mol. The Kier molecular flexibility index (Phi) is 6.44. The Hall–Kier alpha value is -3.43. The summed E-state index contributed by atoms with van der Waals surface area (Å²) < 4.78 is 5.09. The van der Waals surface area contributed by atoms with Crippen molar-refractivity contribution < 1.29 is 19.1 Å². The van der Waals surface area contributed by atoms with Gasteiger partial charge in [-0.2, -0.15) is 0 Å². The maximum absolute atomic E-state index is 13.6. The minimum atomic E-state index is -0.444. The molecule has 3 atom stereocenters. The van der Waals surface area contributed by atoms with Crippen molar-refractivity contribution >= 4 is 23.6 Å². The molecule has 0 spiro atoms. The van der Waals surface area contributed by atoms with Crippen LogP contribution in [-0.4, -0.2) is 84.4 Å². The molecular formula is C26H31N5O4. The first kappa shape index (κ1) is 23.3. The largest absolute Gasteiger partial charge is 0.462 e. The lowest BCUT2D eigenvalue weighted by atomic mass is 10.1. The third-order valence-electron chi connectivity index (χ3n) is 7.05. The molecule has 2 aromatic rings. The highest BCUT2D eigenvalue weighted by atomic mass is 16.5. The summed E-state index contributed by atoms with van der Waals surface area (Å²) in [6.45, 7) is 4.03. The van der Waals surface area contributed by atoms with E-state index in [2.05, 4.69) is 15.1 Å². The maximum atomic E-state index is 13.6. The summed E-state index contributed by atoms with van der Waals surface area (Å²) in [5.74, 6) is -0.491. The molecule has 0 radical (unpaired) electrons. The summed E-state index contributed by atoms with van der Waals surface area (Å²) in [5.41, 5.74) is 2.55. The first-order valence-electron chi connectivity index (χ1n) is 12.2. The van der Waals surface area contributed by atoms with Crippen LogP contribution in [0.15, 0.2) is 54.6 Å².